The van der Waals surface area contributed by atoms with Crippen molar-refractivity contribution in [1.29, 1.82) is 0 Å². The molecule has 0 atom stereocenters. The van der Waals surface area contributed by atoms with Crippen molar-refractivity contribution in [3.63, 3.8) is 0 Å². The van der Waals surface area contributed by atoms with Crippen LogP contribution < -0.4 is 5.32 Å². The quantitative estimate of drug-likeness (QED) is 0.848. The van der Waals surface area contributed by atoms with Crippen LogP contribution in [0.3, 0.4) is 0 Å². The van der Waals surface area contributed by atoms with E-state index in [4.69, 9.17) is 0 Å². The molecule has 16 heavy (non-hydrogen) atoms. The van der Waals surface area contributed by atoms with Crippen molar-refractivity contribution in [1.82, 2.24) is 5.32 Å². The van der Waals surface area contributed by atoms with Crippen molar-refractivity contribution >= 4 is 11.3 Å². The van der Waals surface area contributed by atoms with Gasteiger partial charge in [-0.15, -0.1) is 11.3 Å². The molecule has 0 aliphatic carbocycles. The van der Waals surface area contributed by atoms with Crippen molar-refractivity contribution in [2.45, 2.75) is 20.4 Å². The summed E-state index contributed by atoms with van der Waals surface area (Å²) in [5, 5.41) is 3.19. The van der Waals surface area contributed by atoms with Crippen molar-refractivity contribution in [2.24, 2.45) is 0 Å². The fraction of sp³-hybridized carbons (Fsp3) is 0.286. The Labute approximate surface area is 101 Å². The van der Waals surface area contributed by atoms with Crippen molar-refractivity contribution in [2.75, 3.05) is 7.05 Å². The summed E-state index contributed by atoms with van der Waals surface area (Å²) in [5.74, 6) is 0. The van der Waals surface area contributed by atoms with E-state index in [2.05, 4.69) is 49.5 Å². The van der Waals surface area contributed by atoms with E-state index in [1.807, 2.05) is 18.4 Å². The average molecular weight is 231 g/mol. The van der Waals surface area contributed by atoms with Crippen LogP contribution in [0.4, 0.5) is 0 Å². The fourth-order valence-corrected chi connectivity index (χ4v) is 2.89. The molecule has 0 spiro atoms. The summed E-state index contributed by atoms with van der Waals surface area (Å²) in [6, 6.07) is 11.1. The molecule has 84 valence electrons. The fourth-order valence-electron chi connectivity index (χ4n) is 1.79. The molecule has 2 rings (SSSR count). The van der Waals surface area contributed by atoms with Gasteiger partial charge < -0.3 is 5.32 Å². The molecule has 1 heterocycles. The molecule has 0 fully saturated rings. The van der Waals surface area contributed by atoms with Crippen LogP contribution in [0.1, 0.15) is 16.0 Å². The maximum atomic E-state index is 3.19. The monoisotopic (exact) mass is 231 g/mol. The largest absolute Gasteiger partial charge is 0.315 e. The van der Waals surface area contributed by atoms with Gasteiger partial charge in [0.15, 0.2) is 0 Å². The first kappa shape index (κ1) is 11.4. The molecular weight excluding hydrogens is 214 g/mol. The second-order valence-corrected chi connectivity index (χ2v) is 5.28. The van der Waals surface area contributed by atoms with Crippen LogP contribution in [0.25, 0.3) is 10.4 Å². The SMILES string of the molecule is CNCc1ccc(-c2cc(C)ccc2C)s1. The third-order valence-corrected chi connectivity index (χ3v) is 3.79. The summed E-state index contributed by atoms with van der Waals surface area (Å²) in [6.45, 7) is 5.27. The minimum Gasteiger partial charge on any atom is -0.315 e. The van der Waals surface area contributed by atoms with Gasteiger partial charge in [0.25, 0.3) is 0 Å². The van der Waals surface area contributed by atoms with Crippen molar-refractivity contribution < 1.29 is 0 Å². The van der Waals surface area contributed by atoms with Gasteiger partial charge in [0.2, 0.25) is 0 Å². The molecule has 0 radical (unpaired) electrons. The third kappa shape index (κ3) is 2.34. The van der Waals surface area contributed by atoms with Gasteiger partial charge in [-0.2, -0.15) is 0 Å². The van der Waals surface area contributed by atoms with E-state index in [1.165, 1.54) is 26.4 Å². The Balaban J connectivity index is 2.38. The van der Waals surface area contributed by atoms with E-state index in [9.17, 15) is 0 Å². The summed E-state index contributed by atoms with van der Waals surface area (Å²) in [7, 11) is 1.98. The Morgan fingerprint density at radius 1 is 1.12 bits per heavy atom. The van der Waals surface area contributed by atoms with Crippen LogP contribution in [-0.2, 0) is 6.54 Å². The van der Waals surface area contributed by atoms with E-state index < -0.39 is 0 Å². The van der Waals surface area contributed by atoms with Crippen LogP contribution in [0.5, 0.6) is 0 Å². The number of thiophene rings is 1. The lowest BCUT2D eigenvalue weighted by molar-refractivity contribution is 0.831. The van der Waals surface area contributed by atoms with Crippen LogP contribution in [-0.4, -0.2) is 7.05 Å². The van der Waals surface area contributed by atoms with Gasteiger partial charge >= 0.3 is 0 Å². The van der Waals surface area contributed by atoms with E-state index in [1.54, 1.807) is 0 Å². The Bertz CT molecular complexity index is 485. The first-order valence-corrected chi connectivity index (χ1v) is 6.33. The standard InChI is InChI=1S/C14H17NS/c1-10-4-5-11(2)13(8-10)14-7-6-12(16-14)9-15-3/h4-8,15H,9H2,1-3H3. The van der Waals surface area contributed by atoms with Gasteiger partial charge in [0.05, 0.1) is 0 Å². The predicted octanol–water partition coefficient (Wildman–Crippen LogP) is 3.75. The number of rotatable bonds is 3. The third-order valence-electron chi connectivity index (χ3n) is 2.67. The molecule has 1 N–H and O–H groups in total. The van der Waals surface area contributed by atoms with Gasteiger partial charge in [0.1, 0.15) is 0 Å². The number of hydrogen-bond donors (Lipinski definition) is 1. The maximum Gasteiger partial charge on any atom is 0.0348 e. The van der Waals surface area contributed by atoms with Crippen molar-refractivity contribution in [3.8, 4) is 10.4 Å². The highest BCUT2D eigenvalue weighted by atomic mass is 32.1. The van der Waals surface area contributed by atoms with Gasteiger partial charge in [-0.3, -0.25) is 0 Å². The Morgan fingerprint density at radius 3 is 2.69 bits per heavy atom. The molecule has 0 bridgehead atoms. The lowest BCUT2D eigenvalue weighted by Crippen LogP contribution is -2.02. The molecule has 2 aromatic rings. The summed E-state index contributed by atoms with van der Waals surface area (Å²) in [4.78, 5) is 2.75. The first-order valence-electron chi connectivity index (χ1n) is 5.51. The molecule has 0 amide bonds. The predicted molar refractivity (Wildman–Crippen MR) is 72.0 cm³/mol. The lowest BCUT2D eigenvalue weighted by atomic mass is 10.0. The Morgan fingerprint density at radius 2 is 1.94 bits per heavy atom. The van der Waals surface area contributed by atoms with E-state index >= 15 is 0 Å². The number of aryl methyl sites for hydroxylation is 2. The normalized spacial score (nSPS) is 10.7. The molecule has 0 aliphatic heterocycles. The van der Waals surface area contributed by atoms with Crippen LogP contribution in [0, 0.1) is 13.8 Å². The van der Waals surface area contributed by atoms with Gasteiger partial charge in [0, 0.05) is 16.3 Å². The second-order valence-electron chi connectivity index (χ2n) is 4.11. The van der Waals surface area contributed by atoms with E-state index in [0.717, 1.165) is 6.54 Å². The number of benzene rings is 1. The topological polar surface area (TPSA) is 12.0 Å². The minimum absolute atomic E-state index is 0.954. The highest BCUT2D eigenvalue weighted by molar-refractivity contribution is 7.15. The van der Waals surface area contributed by atoms with E-state index in [-0.39, 0.29) is 0 Å². The molecule has 1 nitrogen and oxygen atoms in total. The molecule has 0 saturated heterocycles. The van der Waals surface area contributed by atoms with Crippen LogP contribution >= 0.6 is 11.3 Å². The molecule has 0 unspecified atom stereocenters. The highest BCUT2D eigenvalue weighted by Crippen LogP contribution is 2.31. The Hall–Kier alpha value is -1.12. The summed E-state index contributed by atoms with van der Waals surface area (Å²) in [5.41, 5.74) is 4.04. The van der Waals surface area contributed by atoms with E-state index in [0.29, 0.717) is 0 Å². The summed E-state index contributed by atoms with van der Waals surface area (Å²) >= 11 is 1.87. The lowest BCUT2D eigenvalue weighted by Gasteiger charge is -2.04. The van der Waals surface area contributed by atoms with Crippen molar-refractivity contribution in [3.05, 3.63) is 46.3 Å². The molecule has 1 aromatic heterocycles. The average Bonchev–Trinajstić information content (AvgIpc) is 2.71. The second kappa shape index (κ2) is 4.81. The Kier molecular flexibility index (Phi) is 3.42. The smallest absolute Gasteiger partial charge is 0.0348 e. The first-order chi connectivity index (χ1) is 7.70. The molecular formula is C14H17NS. The van der Waals surface area contributed by atoms with Gasteiger partial charge in [-0.25, -0.2) is 0 Å². The van der Waals surface area contributed by atoms with Gasteiger partial charge in [-0.1, -0.05) is 23.8 Å². The molecule has 0 aliphatic rings. The van der Waals surface area contributed by atoms with Crippen LogP contribution in [0.15, 0.2) is 30.3 Å². The zero-order valence-corrected chi connectivity index (χ0v) is 10.8. The van der Waals surface area contributed by atoms with Crippen LogP contribution in [0.2, 0.25) is 0 Å². The zero-order chi connectivity index (χ0) is 11.5. The summed E-state index contributed by atoms with van der Waals surface area (Å²) < 4.78 is 0. The summed E-state index contributed by atoms with van der Waals surface area (Å²) in [6.07, 6.45) is 0. The highest BCUT2D eigenvalue weighted by Gasteiger charge is 2.05. The molecule has 2 heteroatoms. The number of nitrogens with one attached hydrogen (secondary N) is 1. The molecule has 0 saturated carbocycles. The zero-order valence-electron chi connectivity index (χ0n) is 10.0. The minimum atomic E-state index is 0.954. The number of hydrogen-bond acceptors (Lipinski definition) is 2. The maximum absolute atomic E-state index is 3.19. The molecule has 1 aromatic carbocycles. The van der Waals surface area contributed by atoms with Gasteiger partial charge in [-0.05, 0) is 44.2 Å².